The zero-order valence-corrected chi connectivity index (χ0v) is 17.8. The quantitative estimate of drug-likeness (QED) is 0.467. The summed E-state index contributed by atoms with van der Waals surface area (Å²) in [5.74, 6) is -0.228. The molecule has 1 amide bonds. The van der Waals surface area contributed by atoms with Crippen LogP contribution in [0.25, 0.3) is 0 Å². The predicted octanol–water partition coefficient (Wildman–Crippen LogP) is 3.37. The van der Waals surface area contributed by atoms with Crippen LogP contribution in [0.15, 0.2) is 24.3 Å². The molecule has 1 aromatic rings. The Morgan fingerprint density at radius 1 is 1.07 bits per heavy atom. The number of benzene rings is 1. The van der Waals surface area contributed by atoms with Crippen molar-refractivity contribution in [2.45, 2.75) is 65.2 Å². The summed E-state index contributed by atoms with van der Waals surface area (Å²) in [6.45, 7) is 7.20. The smallest absolute Gasteiger partial charge is 0.408 e. The first-order valence-electron chi connectivity index (χ1n) is 9.59. The molecule has 0 spiro atoms. The van der Waals surface area contributed by atoms with Crippen LogP contribution in [0, 0.1) is 0 Å². The molecule has 0 bridgehead atoms. The van der Waals surface area contributed by atoms with E-state index in [1.54, 1.807) is 46.9 Å². The van der Waals surface area contributed by atoms with Crippen molar-refractivity contribution in [3.8, 4) is 5.75 Å². The molecule has 0 unspecified atom stereocenters. The lowest BCUT2D eigenvalue weighted by atomic mass is 10.1. The average molecular weight is 409 g/mol. The van der Waals surface area contributed by atoms with Gasteiger partial charge in [-0.3, -0.25) is 4.79 Å². The Morgan fingerprint density at radius 3 is 2.28 bits per heavy atom. The van der Waals surface area contributed by atoms with Crippen LogP contribution < -0.4 is 10.1 Å². The summed E-state index contributed by atoms with van der Waals surface area (Å²) in [5.41, 5.74) is 0.157. The lowest BCUT2D eigenvalue weighted by Gasteiger charge is -2.22. The van der Waals surface area contributed by atoms with Crippen molar-refractivity contribution >= 4 is 18.0 Å². The summed E-state index contributed by atoms with van der Waals surface area (Å²) in [7, 11) is 1.58. The van der Waals surface area contributed by atoms with Gasteiger partial charge < -0.3 is 24.3 Å². The summed E-state index contributed by atoms with van der Waals surface area (Å²) >= 11 is 0. The van der Waals surface area contributed by atoms with Gasteiger partial charge in [-0.05, 0) is 58.2 Å². The summed E-state index contributed by atoms with van der Waals surface area (Å²) < 4.78 is 20.5. The molecule has 0 radical (unpaired) electrons. The van der Waals surface area contributed by atoms with E-state index in [9.17, 15) is 14.4 Å². The lowest BCUT2D eigenvalue weighted by Crippen LogP contribution is -2.44. The molecule has 0 saturated heterocycles. The summed E-state index contributed by atoms with van der Waals surface area (Å²) in [6, 6.07) is 6.31. The minimum atomic E-state index is -0.890. The molecule has 0 aliphatic carbocycles. The maximum Gasteiger partial charge on any atom is 0.408 e. The van der Waals surface area contributed by atoms with Crippen molar-refractivity contribution in [1.82, 2.24) is 5.32 Å². The predicted molar refractivity (Wildman–Crippen MR) is 106 cm³/mol. The highest BCUT2D eigenvalue weighted by molar-refractivity contribution is 5.81. The van der Waals surface area contributed by atoms with E-state index in [-0.39, 0.29) is 32.0 Å². The SMILES string of the molecule is CCOC(=O)[C@H](CCCC(=O)OCc1ccc(OC)cc1)NC(=O)OC(C)(C)C. The van der Waals surface area contributed by atoms with E-state index in [1.165, 1.54) is 0 Å². The second kappa shape index (κ2) is 11.9. The zero-order valence-electron chi connectivity index (χ0n) is 17.8. The summed E-state index contributed by atoms with van der Waals surface area (Å²) in [4.78, 5) is 36.0. The van der Waals surface area contributed by atoms with Crippen LogP contribution in [0.5, 0.6) is 5.75 Å². The fourth-order valence-corrected chi connectivity index (χ4v) is 2.35. The number of nitrogens with one attached hydrogen (secondary N) is 1. The molecule has 0 fully saturated rings. The number of hydrogen-bond acceptors (Lipinski definition) is 7. The number of carbonyl (C=O) groups excluding carboxylic acids is 3. The van der Waals surface area contributed by atoms with Gasteiger partial charge in [0.2, 0.25) is 0 Å². The van der Waals surface area contributed by atoms with Gasteiger partial charge in [-0.1, -0.05) is 12.1 Å². The topological polar surface area (TPSA) is 100 Å². The van der Waals surface area contributed by atoms with Crippen LogP contribution >= 0.6 is 0 Å². The van der Waals surface area contributed by atoms with Crippen LogP contribution in [0.3, 0.4) is 0 Å². The highest BCUT2D eigenvalue weighted by Gasteiger charge is 2.25. The second-order valence-corrected chi connectivity index (χ2v) is 7.35. The van der Waals surface area contributed by atoms with Gasteiger partial charge in [-0.2, -0.15) is 0 Å². The van der Waals surface area contributed by atoms with Gasteiger partial charge in [-0.15, -0.1) is 0 Å². The Balaban J connectivity index is 2.45. The first-order valence-corrected chi connectivity index (χ1v) is 9.59. The Hall–Kier alpha value is -2.77. The molecule has 162 valence electrons. The van der Waals surface area contributed by atoms with Gasteiger partial charge in [-0.25, -0.2) is 9.59 Å². The van der Waals surface area contributed by atoms with Crippen LogP contribution in [0.1, 0.15) is 52.5 Å². The third-order valence-corrected chi connectivity index (χ3v) is 3.69. The largest absolute Gasteiger partial charge is 0.497 e. The molecule has 0 saturated carbocycles. The molecule has 0 aliphatic heterocycles. The molecule has 1 aromatic carbocycles. The molecular formula is C21H31NO7. The van der Waals surface area contributed by atoms with E-state index < -0.39 is 23.7 Å². The average Bonchev–Trinajstić information content (AvgIpc) is 2.64. The zero-order chi connectivity index (χ0) is 21.9. The maximum atomic E-state index is 12.1. The molecule has 1 rings (SSSR count). The normalized spacial score (nSPS) is 11.9. The molecule has 1 atom stereocenters. The third kappa shape index (κ3) is 10.4. The molecule has 8 nitrogen and oxygen atoms in total. The van der Waals surface area contributed by atoms with Gasteiger partial charge in [0.15, 0.2) is 0 Å². The molecule has 8 heteroatoms. The Kier molecular flexibility index (Phi) is 9.99. The number of rotatable bonds is 10. The number of hydrogen-bond donors (Lipinski definition) is 1. The van der Waals surface area contributed by atoms with Gasteiger partial charge >= 0.3 is 18.0 Å². The monoisotopic (exact) mass is 409 g/mol. The number of esters is 2. The summed E-state index contributed by atoms with van der Waals surface area (Å²) in [5, 5.41) is 2.50. The van der Waals surface area contributed by atoms with Gasteiger partial charge in [0.25, 0.3) is 0 Å². The molecule has 0 heterocycles. The fraction of sp³-hybridized carbons (Fsp3) is 0.571. The minimum absolute atomic E-state index is 0.113. The van der Waals surface area contributed by atoms with Crippen LogP contribution in [-0.2, 0) is 30.4 Å². The van der Waals surface area contributed by atoms with Crippen molar-refractivity contribution in [2.24, 2.45) is 0 Å². The Bertz CT molecular complexity index is 665. The van der Waals surface area contributed by atoms with E-state index >= 15 is 0 Å². The Labute approximate surface area is 171 Å². The van der Waals surface area contributed by atoms with Crippen molar-refractivity contribution < 1.29 is 33.3 Å². The molecule has 0 aliphatic rings. The van der Waals surface area contributed by atoms with Gasteiger partial charge in [0, 0.05) is 6.42 Å². The second-order valence-electron chi connectivity index (χ2n) is 7.35. The number of alkyl carbamates (subject to hydrolysis) is 1. The molecule has 29 heavy (non-hydrogen) atoms. The van der Waals surface area contributed by atoms with Gasteiger partial charge in [0.1, 0.15) is 24.0 Å². The number of amides is 1. The summed E-state index contributed by atoms with van der Waals surface area (Å²) in [6.07, 6.45) is -0.0176. The van der Waals surface area contributed by atoms with Gasteiger partial charge in [0.05, 0.1) is 13.7 Å². The molecule has 1 N–H and O–H groups in total. The number of methoxy groups -OCH3 is 1. The minimum Gasteiger partial charge on any atom is -0.497 e. The standard InChI is InChI=1S/C21H31NO7/c1-6-27-19(24)17(22-20(25)29-21(2,3)4)8-7-9-18(23)28-14-15-10-12-16(26-5)13-11-15/h10-13,17H,6-9,14H2,1-5H3,(H,22,25)/t17-/m0/s1. The van der Waals surface area contributed by atoms with Crippen molar-refractivity contribution in [3.63, 3.8) is 0 Å². The lowest BCUT2D eigenvalue weighted by molar-refractivity contribution is -0.147. The van der Waals surface area contributed by atoms with E-state index in [4.69, 9.17) is 18.9 Å². The van der Waals surface area contributed by atoms with E-state index in [0.717, 1.165) is 11.3 Å². The fourth-order valence-electron chi connectivity index (χ4n) is 2.35. The highest BCUT2D eigenvalue weighted by atomic mass is 16.6. The van der Waals surface area contributed by atoms with Crippen LogP contribution in [-0.4, -0.2) is 43.4 Å². The van der Waals surface area contributed by atoms with Crippen LogP contribution in [0.4, 0.5) is 4.79 Å². The maximum absolute atomic E-state index is 12.1. The number of carbonyl (C=O) groups is 3. The van der Waals surface area contributed by atoms with E-state index in [1.807, 2.05) is 12.1 Å². The van der Waals surface area contributed by atoms with Crippen molar-refractivity contribution in [1.29, 1.82) is 0 Å². The first kappa shape index (κ1) is 24.3. The molecular weight excluding hydrogens is 378 g/mol. The Morgan fingerprint density at radius 2 is 1.72 bits per heavy atom. The third-order valence-electron chi connectivity index (χ3n) is 3.69. The van der Waals surface area contributed by atoms with Crippen LogP contribution in [0.2, 0.25) is 0 Å². The number of ether oxygens (including phenoxy) is 4. The van der Waals surface area contributed by atoms with Crippen molar-refractivity contribution in [2.75, 3.05) is 13.7 Å². The van der Waals surface area contributed by atoms with E-state index in [2.05, 4.69) is 5.32 Å². The van der Waals surface area contributed by atoms with E-state index in [0.29, 0.717) is 6.42 Å². The van der Waals surface area contributed by atoms with Crippen molar-refractivity contribution in [3.05, 3.63) is 29.8 Å². The first-order chi connectivity index (χ1) is 13.6. The molecule has 0 aromatic heterocycles. The highest BCUT2D eigenvalue weighted by Crippen LogP contribution is 2.13.